The summed E-state index contributed by atoms with van der Waals surface area (Å²) in [6.45, 7) is 2.57. The van der Waals surface area contributed by atoms with Gasteiger partial charge in [0.15, 0.2) is 11.4 Å². The standard InChI is InChI=1S/C15H16FNO3/c1-2-3-4-8-17-14(18)11-9-10-6-5-7-12(16)13(10)20-15(11)19/h5-7,9H,2-4,8H2,1H3,(H,17,18). The summed E-state index contributed by atoms with van der Waals surface area (Å²) in [4.78, 5) is 23.6. The van der Waals surface area contributed by atoms with E-state index in [0.29, 0.717) is 11.9 Å². The largest absolute Gasteiger partial charge is 0.419 e. The van der Waals surface area contributed by atoms with Crippen LogP contribution in [-0.4, -0.2) is 12.5 Å². The quantitative estimate of drug-likeness (QED) is 0.675. The van der Waals surface area contributed by atoms with Crippen molar-refractivity contribution in [3.05, 3.63) is 46.1 Å². The third-order valence-corrected chi connectivity index (χ3v) is 3.02. The highest BCUT2D eigenvalue weighted by Crippen LogP contribution is 2.16. The molecule has 20 heavy (non-hydrogen) atoms. The van der Waals surface area contributed by atoms with Crippen molar-refractivity contribution < 1.29 is 13.6 Å². The fourth-order valence-electron chi connectivity index (χ4n) is 1.94. The first-order chi connectivity index (χ1) is 9.63. The van der Waals surface area contributed by atoms with Crippen molar-refractivity contribution in [2.75, 3.05) is 6.54 Å². The van der Waals surface area contributed by atoms with E-state index in [9.17, 15) is 14.0 Å². The Bertz CT molecular complexity index is 678. The van der Waals surface area contributed by atoms with Crippen LogP contribution < -0.4 is 10.9 Å². The average molecular weight is 277 g/mol. The second-order valence-corrected chi connectivity index (χ2v) is 4.57. The summed E-state index contributed by atoms with van der Waals surface area (Å²) in [5.41, 5.74) is -1.05. The molecule has 1 aromatic heterocycles. The van der Waals surface area contributed by atoms with Gasteiger partial charge in [0, 0.05) is 11.9 Å². The first kappa shape index (κ1) is 14.2. The molecule has 5 heteroatoms. The lowest BCUT2D eigenvalue weighted by molar-refractivity contribution is 0.0949. The summed E-state index contributed by atoms with van der Waals surface area (Å²) in [6, 6.07) is 5.66. The van der Waals surface area contributed by atoms with Gasteiger partial charge >= 0.3 is 5.63 Å². The molecule has 0 saturated carbocycles. The number of carbonyl (C=O) groups is 1. The van der Waals surface area contributed by atoms with Crippen LogP contribution in [0.1, 0.15) is 36.5 Å². The number of hydrogen-bond donors (Lipinski definition) is 1. The number of hydrogen-bond acceptors (Lipinski definition) is 3. The summed E-state index contributed by atoms with van der Waals surface area (Å²) >= 11 is 0. The number of amides is 1. The Balaban J connectivity index is 2.24. The van der Waals surface area contributed by atoms with Gasteiger partial charge in [-0.1, -0.05) is 31.9 Å². The van der Waals surface area contributed by atoms with Crippen molar-refractivity contribution in [2.24, 2.45) is 0 Å². The van der Waals surface area contributed by atoms with Crippen molar-refractivity contribution in [1.82, 2.24) is 5.32 Å². The van der Waals surface area contributed by atoms with E-state index in [2.05, 4.69) is 12.2 Å². The average Bonchev–Trinajstić information content (AvgIpc) is 2.44. The lowest BCUT2D eigenvalue weighted by Crippen LogP contribution is -2.29. The van der Waals surface area contributed by atoms with Crippen LogP contribution >= 0.6 is 0 Å². The van der Waals surface area contributed by atoms with E-state index in [-0.39, 0.29) is 11.1 Å². The Morgan fingerprint density at radius 1 is 1.35 bits per heavy atom. The third-order valence-electron chi connectivity index (χ3n) is 3.02. The van der Waals surface area contributed by atoms with E-state index < -0.39 is 17.3 Å². The molecule has 2 aromatic rings. The molecule has 1 aromatic carbocycles. The van der Waals surface area contributed by atoms with Gasteiger partial charge in [-0.3, -0.25) is 4.79 Å². The van der Waals surface area contributed by atoms with Crippen LogP contribution in [0.2, 0.25) is 0 Å². The molecule has 0 spiro atoms. The van der Waals surface area contributed by atoms with Gasteiger partial charge < -0.3 is 9.73 Å². The van der Waals surface area contributed by atoms with E-state index in [1.165, 1.54) is 18.2 Å². The van der Waals surface area contributed by atoms with Crippen molar-refractivity contribution in [3.63, 3.8) is 0 Å². The van der Waals surface area contributed by atoms with Crippen LogP contribution in [0, 0.1) is 5.82 Å². The van der Waals surface area contributed by atoms with Gasteiger partial charge in [0.2, 0.25) is 0 Å². The van der Waals surface area contributed by atoms with Gasteiger partial charge in [0.1, 0.15) is 5.56 Å². The predicted octanol–water partition coefficient (Wildman–Crippen LogP) is 2.85. The summed E-state index contributed by atoms with van der Waals surface area (Å²) in [6.07, 6.45) is 2.92. The normalized spacial score (nSPS) is 10.7. The zero-order valence-electron chi connectivity index (χ0n) is 11.2. The number of carbonyl (C=O) groups excluding carboxylic acids is 1. The summed E-state index contributed by atoms with van der Waals surface area (Å²) in [5, 5.41) is 3.05. The minimum atomic E-state index is -0.824. The molecule has 2 rings (SSSR count). The molecule has 1 N–H and O–H groups in total. The fraction of sp³-hybridized carbons (Fsp3) is 0.333. The summed E-state index contributed by atoms with van der Waals surface area (Å²) < 4.78 is 18.3. The lowest BCUT2D eigenvalue weighted by Gasteiger charge is -2.05. The molecule has 0 bridgehead atoms. The molecule has 0 aliphatic rings. The predicted molar refractivity (Wildman–Crippen MR) is 74.3 cm³/mol. The highest BCUT2D eigenvalue weighted by atomic mass is 19.1. The van der Waals surface area contributed by atoms with Crippen LogP contribution in [0.25, 0.3) is 11.0 Å². The van der Waals surface area contributed by atoms with Gasteiger partial charge in [-0.05, 0) is 18.6 Å². The van der Waals surface area contributed by atoms with Crippen LogP contribution in [0.5, 0.6) is 0 Å². The first-order valence-corrected chi connectivity index (χ1v) is 6.64. The van der Waals surface area contributed by atoms with E-state index in [0.717, 1.165) is 19.3 Å². The molecule has 1 heterocycles. The van der Waals surface area contributed by atoms with Crippen molar-refractivity contribution in [2.45, 2.75) is 26.2 Å². The van der Waals surface area contributed by atoms with Gasteiger partial charge in [0.25, 0.3) is 5.91 Å². The highest BCUT2D eigenvalue weighted by molar-refractivity contribution is 5.96. The van der Waals surface area contributed by atoms with E-state index in [1.807, 2.05) is 0 Å². The molecule has 0 atom stereocenters. The number of nitrogens with one attached hydrogen (secondary N) is 1. The van der Waals surface area contributed by atoms with Crippen LogP contribution in [-0.2, 0) is 0 Å². The number of rotatable bonds is 5. The molecule has 0 aliphatic heterocycles. The minimum Gasteiger partial charge on any atom is -0.419 e. The second-order valence-electron chi connectivity index (χ2n) is 4.57. The molecule has 106 valence electrons. The molecule has 0 unspecified atom stereocenters. The Morgan fingerprint density at radius 2 is 2.15 bits per heavy atom. The molecule has 0 fully saturated rings. The zero-order valence-corrected chi connectivity index (χ0v) is 11.2. The summed E-state index contributed by atoms with van der Waals surface area (Å²) in [7, 11) is 0. The molecule has 0 radical (unpaired) electrons. The highest BCUT2D eigenvalue weighted by Gasteiger charge is 2.14. The number of fused-ring (bicyclic) bond motifs is 1. The van der Waals surface area contributed by atoms with Crippen molar-refractivity contribution >= 4 is 16.9 Å². The lowest BCUT2D eigenvalue weighted by atomic mass is 10.1. The Labute approximate surface area is 115 Å². The maximum Gasteiger partial charge on any atom is 0.349 e. The fourth-order valence-corrected chi connectivity index (χ4v) is 1.94. The van der Waals surface area contributed by atoms with E-state index >= 15 is 0 Å². The molecule has 0 saturated heterocycles. The van der Waals surface area contributed by atoms with E-state index in [1.54, 1.807) is 6.07 Å². The van der Waals surface area contributed by atoms with Gasteiger partial charge in [0.05, 0.1) is 0 Å². The molecule has 4 nitrogen and oxygen atoms in total. The second kappa shape index (κ2) is 6.32. The molecular formula is C15H16FNO3. The van der Waals surface area contributed by atoms with Crippen LogP contribution in [0.3, 0.4) is 0 Å². The third kappa shape index (κ3) is 3.04. The molecule has 0 aliphatic carbocycles. The smallest absolute Gasteiger partial charge is 0.349 e. The summed E-state index contributed by atoms with van der Waals surface area (Å²) in [5.74, 6) is -1.10. The monoisotopic (exact) mass is 277 g/mol. The number of para-hydroxylation sites is 1. The maximum absolute atomic E-state index is 13.5. The van der Waals surface area contributed by atoms with E-state index in [4.69, 9.17) is 4.42 Å². The maximum atomic E-state index is 13.5. The number of halogens is 1. The van der Waals surface area contributed by atoms with Gasteiger partial charge in [-0.2, -0.15) is 0 Å². The minimum absolute atomic E-state index is 0.0976. The zero-order chi connectivity index (χ0) is 14.5. The number of unbranched alkanes of at least 4 members (excludes halogenated alkanes) is 2. The SMILES string of the molecule is CCCCCNC(=O)c1cc2cccc(F)c2oc1=O. The number of benzene rings is 1. The Kier molecular flexibility index (Phi) is 4.50. The van der Waals surface area contributed by atoms with Crippen molar-refractivity contribution in [3.8, 4) is 0 Å². The van der Waals surface area contributed by atoms with Gasteiger partial charge in [-0.15, -0.1) is 0 Å². The topological polar surface area (TPSA) is 59.3 Å². The van der Waals surface area contributed by atoms with Crippen LogP contribution in [0.15, 0.2) is 33.5 Å². The first-order valence-electron chi connectivity index (χ1n) is 6.64. The Morgan fingerprint density at radius 3 is 2.90 bits per heavy atom. The molecular weight excluding hydrogens is 261 g/mol. The van der Waals surface area contributed by atoms with Gasteiger partial charge in [-0.25, -0.2) is 9.18 Å². The Hall–Kier alpha value is -2.17. The van der Waals surface area contributed by atoms with Crippen LogP contribution in [0.4, 0.5) is 4.39 Å². The van der Waals surface area contributed by atoms with Crippen molar-refractivity contribution in [1.29, 1.82) is 0 Å². The molecule has 1 amide bonds.